The Morgan fingerprint density at radius 3 is 2.41 bits per heavy atom. The second-order valence-corrected chi connectivity index (χ2v) is 12.2. The van der Waals surface area contributed by atoms with E-state index in [2.05, 4.69) is 10.3 Å². The first-order valence-electron chi connectivity index (χ1n) is 14.0. The molecule has 0 unspecified atom stereocenters. The molecule has 0 aliphatic carbocycles. The maximum Gasteiger partial charge on any atom is 0.269 e. The number of nitrogens with one attached hydrogen (secondary N) is 1. The zero-order valence-electron chi connectivity index (χ0n) is 24.8. The normalized spacial score (nSPS) is 15.1. The highest BCUT2D eigenvalue weighted by atomic mass is 32.2. The summed E-state index contributed by atoms with van der Waals surface area (Å²) in [4.78, 5) is 16.1. The lowest BCUT2D eigenvalue weighted by atomic mass is 10.2. The molecule has 0 spiro atoms. The van der Waals surface area contributed by atoms with E-state index in [-0.39, 0.29) is 23.2 Å². The van der Waals surface area contributed by atoms with Crippen molar-refractivity contribution in [2.45, 2.75) is 30.7 Å². The summed E-state index contributed by atoms with van der Waals surface area (Å²) in [6.07, 6.45) is 6.50. The average molecular weight is 620 g/mol. The fourth-order valence-corrected chi connectivity index (χ4v) is 6.67. The Bertz CT molecular complexity index is 1900. The summed E-state index contributed by atoms with van der Waals surface area (Å²) in [5.74, 6) is 2.61. The minimum atomic E-state index is -3.96. The van der Waals surface area contributed by atoms with Crippen molar-refractivity contribution in [1.82, 2.24) is 23.5 Å². The zero-order valence-corrected chi connectivity index (χ0v) is 25.6. The highest BCUT2D eigenvalue weighted by Gasteiger charge is 2.29. The van der Waals surface area contributed by atoms with Gasteiger partial charge in [-0.1, -0.05) is 17.7 Å². The van der Waals surface area contributed by atoms with Gasteiger partial charge in [-0.05, 0) is 38.0 Å². The molecule has 1 saturated heterocycles. The lowest BCUT2D eigenvalue weighted by Gasteiger charge is -2.23. The number of aryl methyl sites for hydroxylation is 1. The Kier molecular flexibility index (Phi) is 7.78. The molecule has 5 aromatic rings. The van der Waals surface area contributed by atoms with Gasteiger partial charge >= 0.3 is 0 Å². The van der Waals surface area contributed by atoms with Gasteiger partial charge in [-0.3, -0.25) is 0 Å². The number of rotatable bonds is 10. The van der Waals surface area contributed by atoms with Gasteiger partial charge in [-0.15, -0.1) is 0 Å². The quantitative estimate of drug-likeness (QED) is 0.235. The van der Waals surface area contributed by atoms with Crippen molar-refractivity contribution in [1.29, 1.82) is 0 Å². The summed E-state index contributed by atoms with van der Waals surface area (Å²) < 4.78 is 46.8. The van der Waals surface area contributed by atoms with Crippen LogP contribution in [0.2, 0.25) is 0 Å². The Morgan fingerprint density at radius 2 is 1.75 bits per heavy atom. The van der Waals surface area contributed by atoms with Gasteiger partial charge in [-0.25, -0.2) is 17.4 Å². The molecular formula is C30H33N7O6S. The molecule has 0 radical (unpaired) electrons. The summed E-state index contributed by atoms with van der Waals surface area (Å²) in [6, 6.07) is 11.8. The van der Waals surface area contributed by atoms with Gasteiger partial charge in [0, 0.05) is 24.9 Å². The highest BCUT2D eigenvalue weighted by molar-refractivity contribution is 7.90. The summed E-state index contributed by atoms with van der Waals surface area (Å²) in [7, 11) is 0.677. The van der Waals surface area contributed by atoms with Gasteiger partial charge in [0.15, 0.2) is 17.1 Å². The SMILES string of the molecule is COc1cc(-n2cnc(Nc3nc(N4CCC[C@@H]4CO)nc4c3ccn4S(=O)(=O)c3ccc(C)cc3)c2)cc(OC)c1OC. The third kappa shape index (κ3) is 5.15. The molecule has 2 aromatic carbocycles. The van der Waals surface area contributed by atoms with Crippen molar-refractivity contribution in [3.63, 3.8) is 0 Å². The third-order valence-electron chi connectivity index (χ3n) is 7.70. The predicted molar refractivity (Wildman–Crippen MR) is 165 cm³/mol. The lowest BCUT2D eigenvalue weighted by molar-refractivity contribution is 0.265. The third-order valence-corrected chi connectivity index (χ3v) is 9.38. The Morgan fingerprint density at radius 1 is 1.02 bits per heavy atom. The average Bonchev–Trinajstić information content (AvgIpc) is 3.80. The lowest BCUT2D eigenvalue weighted by Crippen LogP contribution is -2.33. The van der Waals surface area contributed by atoms with E-state index in [4.69, 9.17) is 24.2 Å². The van der Waals surface area contributed by atoms with Crippen LogP contribution in [-0.2, 0) is 10.0 Å². The van der Waals surface area contributed by atoms with Crippen LogP contribution in [0.15, 0.2) is 66.1 Å². The van der Waals surface area contributed by atoms with Crippen LogP contribution in [0.25, 0.3) is 16.7 Å². The summed E-state index contributed by atoms with van der Waals surface area (Å²) in [5, 5.41) is 13.7. The van der Waals surface area contributed by atoms with E-state index in [1.807, 2.05) is 11.8 Å². The molecule has 14 heteroatoms. The van der Waals surface area contributed by atoms with Crippen LogP contribution >= 0.6 is 0 Å². The number of methoxy groups -OCH3 is 3. The minimum absolute atomic E-state index is 0.0635. The fraction of sp³-hybridized carbons (Fsp3) is 0.300. The van der Waals surface area contributed by atoms with Crippen molar-refractivity contribution in [3.05, 3.63) is 66.7 Å². The fourth-order valence-electron chi connectivity index (χ4n) is 5.38. The molecule has 1 fully saturated rings. The number of aliphatic hydroxyl groups is 1. The van der Waals surface area contributed by atoms with Gasteiger partial charge in [0.05, 0.1) is 56.1 Å². The molecule has 2 N–H and O–H groups in total. The Balaban J connectivity index is 1.43. The molecule has 3 aromatic heterocycles. The van der Waals surface area contributed by atoms with E-state index in [0.29, 0.717) is 52.5 Å². The van der Waals surface area contributed by atoms with Crippen LogP contribution in [0.4, 0.5) is 17.6 Å². The maximum absolute atomic E-state index is 13.7. The van der Waals surface area contributed by atoms with Crippen LogP contribution in [0, 0.1) is 6.92 Å². The molecule has 0 amide bonds. The van der Waals surface area contributed by atoms with Crippen LogP contribution in [0.3, 0.4) is 0 Å². The van der Waals surface area contributed by atoms with E-state index in [1.54, 1.807) is 80.9 Å². The number of hydrogen-bond acceptors (Lipinski definition) is 11. The van der Waals surface area contributed by atoms with Crippen molar-refractivity contribution >= 4 is 38.6 Å². The Hall–Kier alpha value is -4.82. The first-order valence-corrected chi connectivity index (χ1v) is 15.4. The molecule has 1 aliphatic rings. The van der Waals surface area contributed by atoms with Gasteiger partial charge in [-0.2, -0.15) is 9.97 Å². The topological polar surface area (TPSA) is 146 Å². The van der Waals surface area contributed by atoms with E-state index >= 15 is 0 Å². The number of imidazole rings is 1. The highest BCUT2D eigenvalue weighted by Crippen LogP contribution is 2.39. The molecule has 0 bridgehead atoms. The van der Waals surface area contributed by atoms with Crippen molar-refractivity contribution in [3.8, 4) is 22.9 Å². The second kappa shape index (κ2) is 11.7. The summed E-state index contributed by atoms with van der Waals surface area (Å²) >= 11 is 0. The van der Waals surface area contributed by atoms with Crippen LogP contribution in [-0.4, -0.2) is 77.5 Å². The number of ether oxygens (including phenoxy) is 3. The molecule has 0 saturated carbocycles. The van der Waals surface area contributed by atoms with Crippen LogP contribution < -0.4 is 24.4 Å². The molecule has 13 nitrogen and oxygen atoms in total. The van der Waals surface area contributed by atoms with Crippen molar-refractivity contribution in [2.75, 3.05) is 44.7 Å². The Labute approximate surface area is 254 Å². The summed E-state index contributed by atoms with van der Waals surface area (Å²) in [6.45, 7) is 2.47. The largest absolute Gasteiger partial charge is 0.493 e. The number of hydrogen-bond donors (Lipinski definition) is 2. The molecular weight excluding hydrogens is 586 g/mol. The minimum Gasteiger partial charge on any atom is -0.493 e. The zero-order chi connectivity index (χ0) is 31.0. The van der Waals surface area contributed by atoms with Crippen molar-refractivity contribution in [2.24, 2.45) is 0 Å². The van der Waals surface area contributed by atoms with Crippen LogP contribution in [0.1, 0.15) is 18.4 Å². The number of anilines is 3. The van der Waals surface area contributed by atoms with Gasteiger partial charge < -0.3 is 34.1 Å². The smallest absolute Gasteiger partial charge is 0.269 e. The van der Waals surface area contributed by atoms with Gasteiger partial charge in [0.1, 0.15) is 18.0 Å². The predicted octanol–water partition coefficient (Wildman–Crippen LogP) is 3.89. The first kappa shape index (κ1) is 29.3. The molecule has 1 aliphatic heterocycles. The maximum atomic E-state index is 13.7. The molecule has 230 valence electrons. The van der Waals surface area contributed by atoms with Gasteiger partial charge in [0.25, 0.3) is 10.0 Å². The van der Waals surface area contributed by atoms with E-state index < -0.39 is 10.0 Å². The van der Waals surface area contributed by atoms with Gasteiger partial charge in [0.2, 0.25) is 11.7 Å². The van der Waals surface area contributed by atoms with Crippen LogP contribution in [0.5, 0.6) is 17.2 Å². The molecule has 1 atom stereocenters. The van der Waals surface area contributed by atoms with E-state index in [0.717, 1.165) is 18.4 Å². The van der Waals surface area contributed by atoms with Crippen molar-refractivity contribution < 1.29 is 27.7 Å². The number of aromatic nitrogens is 5. The first-order chi connectivity index (χ1) is 21.3. The van der Waals surface area contributed by atoms with E-state index in [1.165, 1.54) is 10.2 Å². The summed E-state index contributed by atoms with van der Waals surface area (Å²) in [5.41, 5.74) is 1.88. The number of aliphatic hydroxyl groups excluding tert-OH is 1. The number of fused-ring (bicyclic) bond motifs is 1. The second-order valence-electron chi connectivity index (χ2n) is 10.4. The number of nitrogens with zero attached hydrogens (tertiary/aromatic N) is 6. The molecule has 4 heterocycles. The van der Waals surface area contributed by atoms with E-state index in [9.17, 15) is 13.5 Å². The monoisotopic (exact) mass is 619 g/mol. The number of benzene rings is 2. The molecule has 6 rings (SSSR count). The molecule has 44 heavy (non-hydrogen) atoms. The standard InChI is InChI=1S/C30H33N7O6S/c1-19-7-9-22(10-8-19)44(39,40)37-13-11-23-28(33-30(34-29(23)37)36-12-5-6-20(36)17-38)32-26-16-35(18-31-26)21-14-24(41-2)27(43-4)25(15-21)42-3/h7-11,13-16,18,20,38H,5-6,12,17H2,1-4H3,(H,32,33,34)/t20-/m1/s1.